The number of carboxylic acid groups (broad SMARTS) is 1. The molecule has 0 fully saturated rings. The molecule has 0 bridgehead atoms. The van der Waals surface area contributed by atoms with Gasteiger partial charge in [0.15, 0.2) is 0 Å². The molecule has 0 spiro atoms. The van der Waals surface area contributed by atoms with E-state index in [1.54, 1.807) is 0 Å². The number of nitrogens with one attached hydrogen (secondary N) is 2. The van der Waals surface area contributed by atoms with E-state index in [1.165, 1.54) is 0 Å². The van der Waals surface area contributed by atoms with Gasteiger partial charge in [-0.2, -0.15) is 12.6 Å². The summed E-state index contributed by atoms with van der Waals surface area (Å²) in [6.45, 7) is 0.497. The third-order valence-corrected chi connectivity index (χ3v) is 4.20. The van der Waals surface area contributed by atoms with E-state index in [9.17, 15) is 14.4 Å². The predicted octanol–water partition coefficient (Wildman–Crippen LogP) is 0.732. The number of hydrogen-bond donors (Lipinski definition) is 5. The Labute approximate surface area is 159 Å². The lowest BCUT2D eigenvalue weighted by atomic mass is 10.1. The van der Waals surface area contributed by atoms with Crippen LogP contribution >= 0.6 is 12.6 Å². The molecule has 5 N–H and O–H groups in total. The molecule has 0 saturated carbocycles. The molecule has 0 saturated heterocycles. The second kappa shape index (κ2) is 12.3. The first-order valence-corrected chi connectivity index (χ1v) is 9.27. The van der Waals surface area contributed by atoms with Crippen molar-refractivity contribution >= 4 is 30.4 Å². The Morgan fingerprint density at radius 3 is 2.42 bits per heavy atom. The van der Waals surface area contributed by atoms with E-state index in [0.29, 0.717) is 19.4 Å². The molecular formula is C18H27N3O4S. The maximum absolute atomic E-state index is 11.9. The lowest BCUT2D eigenvalue weighted by Gasteiger charge is -2.13. The Kier molecular flexibility index (Phi) is 10.4. The Balaban J connectivity index is 2.11. The second-order valence-corrected chi connectivity index (χ2v) is 6.40. The number of carboxylic acids is 1. The number of unbranched alkanes of at least 4 members (excludes halogenated alkanes) is 2. The van der Waals surface area contributed by atoms with Crippen LogP contribution < -0.4 is 16.4 Å². The van der Waals surface area contributed by atoms with Crippen LogP contribution in [0, 0.1) is 0 Å². The van der Waals surface area contributed by atoms with Crippen molar-refractivity contribution in [2.24, 2.45) is 5.73 Å². The van der Waals surface area contributed by atoms with Gasteiger partial charge in [0.1, 0.15) is 6.04 Å². The molecule has 2 amide bonds. The highest BCUT2D eigenvalue weighted by Crippen LogP contribution is 2.03. The summed E-state index contributed by atoms with van der Waals surface area (Å²) in [7, 11) is 0. The van der Waals surface area contributed by atoms with Gasteiger partial charge in [0.05, 0.1) is 6.04 Å². The first-order chi connectivity index (χ1) is 12.4. The Hall–Kier alpha value is -2.06. The van der Waals surface area contributed by atoms with Gasteiger partial charge in [0, 0.05) is 18.7 Å². The van der Waals surface area contributed by atoms with E-state index < -0.39 is 18.1 Å². The minimum Gasteiger partial charge on any atom is -0.480 e. The Morgan fingerprint density at radius 1 is 1.12 bits per heavy atom. The molecule has 0 radical (unpaired) electrons. The molecule has 0 aromatic heterocycles. The van der Waals surface area contributed by atoms with Gasteiger partial charge in [0.25, 0.3) is 0 Å². The van der Waals surface area contributed by atoms with Crippen LogP contribution in [0.1, 0.15) is 31.2 Å². The fraction of sp³-hybridized carbons (Fsp3) is 0.500. The molecule has 26 heavy (non-hydrogen) atoms. The minimum atomic E-state index is -1.09. The van der Waals surface area contributed by atoms with E-state index >= 15 is 0 Å². The predicted molar refractivity (Wildman–Crippen MR) is 103 cm³/mol. The van der Waals surface area contributed by atoms with Crippen molar-refractivity contribution in [2.75, 3.05) is 12.3 Å². The van der Waals surface area contributed by atoms with E-state index in [4.69, 9.17) is 10.8 Å². The molecule has 0 unspecified atom stereocenters. The Morgan fingerprint density at radius 2 is 1.81 bits per heavy atom. The van der Waals surface area contributed by atoms with Gasteiger partial charge in [-0.25, -0.2) is 4.79 Å². The van der Waals surface area contributed by atoms with Crippen molar-refractivity contribution in [1.29, 1.82) is 0 Å². The van der Waals surface area contributed by atoms with Crippen LogP contribution in [0.25, 0.3) is 0 Å². The number of amides is 2. The van der Waals surface area contributed by atoms with Crippen LogP contribution in [0.15, 0.2) is 30.3 Å². The molecule has 1 aromatic rings. The maximum atomic E-state index is 11.9. The number of thiol groups is 1. The molecule has 8 heteroatoms. The van der Waals surface area contributed by atoms with Crippen LogP contribution in [-0.4, -0.2) is 47.3 Å². The van der Waals surface area contributed by atoms with Crippen molar-refractivity contribution in [3.05, 3.63) is 35.9 Å². The molecule has 0 heterocycles. The van der Waals surface area contributed by atoms with Crippen molar-refractivity contribution in [3.63, 3.8) is 0 Å². The van der Waals surface area contributed by atoms with E-state index in [2.05, 4.69) is 23.3 Å². The summed E-state index contributed by atoms with van der Waals surface area (Å²) in [6, 6.07) is 8.04. The van der Waals surface area contributed by atoms with Gasteiger partial charge >= 0.3 is 5.97 Å². The standard InChI is InChI=1S/C18H27N3O4S/c19-14(11-13-7-3-1-4-8-13)17(23)20-10-6-2-5-9-16(22)21-15(12-26)18(24)25/h1,3-4,7-8,14-15,26H,2,5-6,9-12,19H2,(H,20,23)(H,21,22)(H,24,25)/t14-,15-/m0/s1. The van der Waals surface area contributed by atoms with Crippen LogP contribution in [-0.2, 0) is 20.8 Å². The number of carbonyl (C=O) groups excluding carboxylic acids is 2. The fourth-order valence-electron chi connectivity index (χ4n) is 2.34. The van der Waals surface area contributed by atoms with Crippen LogP contribution in [0.2, 0.25) is 0 Å². The lowest BCUT2D eigenvalue weighted by Crippen LogP contribution is -2.42. The minimum absolute atomic E-state index is 0.0519. The van der Waals surface area contributed by atoms with Crippen LogP contribution in [0.5, 0.6) is 0 Å². The molecular weight excluding hydrogens is 354 g/mol. The third kappa shape index (κ3) is 8.87. The fourth-order valence-corrected chi connectivity index (χ4v) is 2.59. The average Bonchev–Trinajstić information content (AvgIpc) is 2.62. The smallest absolute Gasteiger partial charge is 0.327 e. The quantitative estimate of drug-likeness (QED) is 0.270. The zero-order chi connectivity index (χ0) is 19.4. The summed E-state index contributed by atoms with van der Waals surface area (Å²) < 4.78 is 0. The monoisotopic (exact) mass is 381 g/mol. The zero-order valence-electron chi connectivity index (χ0n) is 14.7. The highest BCUT2D eigenvalue weighted by molar-refractivity contribution is 7.80. The number of nitrogens with two attached hydrogens (primary N) is 1. The molecule has 2 atom stereocenters. The van der Waals surface area contributed by atoms with Crippen molar-refractivity contribution < 1.29 is 19.5 Å². The summed E-state index contributed by atoms with van der Waals surface area (Å²) >= 11 is 3.89. The normalized spacial score (nSPS) is 12.8. The van der Waals surface area contributed by atoms with Gasteiger partial charge in [0.2, 0.25) is 11.8 Å². The van der Waals surface area contributed by atoms with Gasteiger partial charge in [-0.15, -0.1) is 0 Å². The SMILES string of the molecule is N[C@@H](Cc1ccccc1)C(=O)NCCCCCC(=O)N[C@@H](CS)C(=O)O. The topological polar surface area (TPSA) is 122 Å². The average molecular weight is 381 g/mol. The molecule has 1 rings (SSSR count). The number of rotatable bonds is 12. The van der Waals surface area contributed by atoms with E-state index in [0.717, 1.165) is 18.4 Å². The molecule has 1 aromatic carbocycles. The zero-order valence-corrected chi connectivity index (χ0v) is 15.6. The van der Waals surface area contributed by atoms with Crippen LogP contribution in [0.3, 0.4) is 0 Å². The summed E-state index contributed by atoms with van der Waals surface area (Å²) in [6.07, 6.45) is 2.84. The highest BCUT2D eigenvalue weighted by atomic mass is 32.1. The summed E-state index contributed by atoms with van der Waals surface area (Å²) in [4.78, 5) is 34.4. The summed E-state index contributed by atoms with van der Waals surface area (Å²) in [5, 5.41) is 14.0. The summed E-state index contributed by atoms with van der Waals surface area (Å²) in [5.74, 6) is -1.54. The largest absolute Gasteiger partial charge is 0.480 e. The molecule has 144 valence electrons. The van der Waals surface area contributed by atoms with E-state index in [1.807, 2.05) is 30.3 Å². The summed E-state index contributed by atoms with van der Waals surface area (Å²) in [5.41, 5.74) is 6.91. The van der Waals surface area contributed by atoms with E-state index in [-0.39, 0.29) is 24.0 Å². The molecule has 0 aliphatic rings. The van der Waals surface area contributed by atoms with Crippen molar-refractivity contribution in [3.8, 4) is 0 Å². The maximum Gasteiger partial charge on any atom is 0.327 e. The van der Waals surface area contributed by atoms with Gasteiger partial charge in [-0.05, 0) is 24.8 Å². The second-order valence-electron chi connectivity index (χ2n) is 6.04. The lowest BCUT2D eigenvalue weighted by molar-refractivity contribution is -0.141. The highest BCUT2D eigenvalue weighted by Gasteiger charge is 2.17. The molecule has 0 aliphatic heterocycles. The van der Waals surface area contributed by atoms with Crippen LogP contribution in [0.4, 0.5) is 0 Å². The van der Waals surface area contributed by atoms with Gasteiger partial charge in [-0.3, -0.25) is 9.59 Å². The first kappa shape index (κ1) is 22.0. The van der Waals surface area contributed by atoms with Gasteiger partial charge < -0.3 is 21.5 Å². The number of benzene rings is 1. The van der Waals surface area contributed by atoms with Crippen molar-refractivity contribution in [2.45, 2.75) is 44.2 Å². The first-order valence-electron chi connectivity index (χ1n) is 8.64. The third-order valence-electron chi connectivity index (χ3n) is 3.83. The van der Waals surface area contributed by atoms with Crippen molar-refractivity contribution in [1.82, 2.24) is 10.6 Å². The number of hydrogen-bond acceptors (Lipinski definition) is 5. The Bertz CT molecular complexity index is 583. The molecule has 7 nitrogen and oxygen atoms in total. The van der Waals surface area contributed by atoms with Gasteiger partial charge in [-0.1, -0.05) is 36.8 Å². The number of carbonyl (C=O) groups is 3. The number of aliphatic carboxylic acids is 1. The molecule has 0 aliphatic carbocycles.